The van der Waals surface area contributed by atoms with Crippen LogP contribution in [0.25, 0.3) is 0 Å². The molecule has 1 fully saturated rings. The molecule has 1 saturated carbocycles. The summed E-state index contributed by atoms with van der Waals surface area (Å²) in [7, 11) is 2.56. The molecule has 0 saturated heterocycles. The lowest BCUT2D eigenvalue weighted by Gasteiger charge is -2.24. The lowest BCUT2D eigenvalue weighted by molar-refractivity contribution is -0.143. The molecule has 7 heteroatoms. The molecular weight excluding hydrogens is 554 g/mol. The second kappa shape index (κ2) is 19.5. The zero-order valence-electron chi connectivity index (χ0n) is 26.8. The normalized spacial score (nSPS) is 12.7. The Morgan fingerprint density at radius 3 is 2.25 bits per heavy atom. The van der Waals surface area contributed by atoms with Gasteiger partial charge in [-0.05, 0) is 54.2 Å². The first-order chi connectivity index (χ1) is 21.4. The molecule has 1 amide bonds. The first kappa shape index (κ1) is 34.7. The van der Waals surface area contributed by atoms with E-state index in [4.69, 9.17) is 9.47 Å². The average Bonchev–Trinajstić information content (AvgIpc) is 3.58. The lowest BCUT2D eigenvalue weighted by Crippen LogP contribution is -2.30. The summed E-state index contributed by atoms with van der Waals surface area (Å²) < 4.78 is 15.1. The molecule has 1 aliphatic carbocycles. The van der Waals surface area contributed by atoms with Gasteiger partial charge in [0.05, 0.1) is 14.2 Å². The van der Waals surface area contributed by atoms with Gasteiger partial charge in [0.15, 0.2) is 6.61 Å². The van der Waals surface area contributed by atoms with Gasteiger partial charge in [-0.15, -0.1) is 0 Å². The molecule has 2 aromatic rings. The summed E-state index contributed by atoms with van der Waals surface area (Å²) in [6.45, 7) is 2.68. The third kappa shape index (κ3) is 12.1. The van der Waals surface area contributed by atoms with Crippen LogP contribution >= 0.6 is 0 Å². The zero-order valence-corrected chi connectivity index (χ0v) is 26.8. The molecule has 44 heavy (non-hydrogen) atoms. The van der Waals surface area contributed by atoms with Crippen LogP contribution < -0.4 is 4.74 Å². The summed E-state index contributed by atoms with van der Waals surface area (Å²) in [6.07, 6.45) is 14.8. The van der Waals surface area contributed by atoms with Crippen LogP contribution in [-0.2, 0) is 32.2 Å². The molecule has 2 aromatic carbocycles. The highest BCUT2D eigenvalue weighted by atomic mass is 16.6. The van der Waals surface area contributed by atoms with Gasteiger partial charge in [-0.25, -0.2) is 9.59 Å². The van der Waals surface area contributed by atoms with Crippen molar-refractivity contribution in [3.63, 3.8) is 0 Å². The van der Waals surface area contributed by atoms with Crippen molar-refractivity contribution in [2.45, 2.75) is 103 Å². The summed E-state index contributed by atoms with van der Waals surface area (Å²) in [5, 5.41) is 0. The molecule has 0 spiro atoms. The first-order valence-corrected chi connectivity index (χ1v) is 16.2. The third-order valence-corrected chi connectivity index (χ3v) is 8.21. The highest BCUT2D eigenvalue weighted by molar-refractivity contribution is 5.92. The number of esters is 2. The number of carbonyl (C=O) groups is 3. The van der Waals surface area contributed by atoms with E-state index >= 15 is 0 Å². The summed E-state index contributed by atoms with van der Waals surface area (Å²) in [5.74, 6) is 6.36. The van der Waals surface area contributed by atoms with Crippen LogP contribution in [0.3, 0.4) is 0 Å². The van der Waals surface area contributed by atoms with Crippen LogP contribution in [0.1, 0.15) is 117 Å². The van der Waals surface area contributed by atoms with E-state index in [1.165, 1.54) is 72.0 Å². The number of rotatable bonds is 17. The monoisotopic (exact) mass is 603 g/mol. The van der Waals surface area contributed by atoms with E-state index in [0.29, 0.717) is 25.4 Å². The molecule has 238 valence electrons. The van der Waals surface area contributed by atoms with Gasteiger partial charge >= 0.3 is 11.9 Å². The van der Waals surface area contributed by atoms with Gasteiger partial charge in [0.25, 0.3) is 0 Å². The number of methoxy groups -OCH3 is 2. The minimum absolute atomic E-state index is 0.0883. The molecule has 0 aromatic heterocycles. The van der Waals surface area contributed by atoms with Crippen molar-refractivity contribution in [1.82, 2.24) is 4.90 Å². The van der Waals surface area contributed by atoms with Gasteiger partial charge in [0, 0.05) is 31.5 Å². The van der Waals surface area contributed by atoms with Gasteiger partial charge in [-0.2, -0.15) is 0 Å². The number of amides is 1. The maximum absolute atomic E-state index is 13.5. The van der Waals surface area contributed by atoms with Crippen molar-refractivity contribution in [1.29, 1.82) is 0 Å². The Balaban J connectivity index is 1.69. The molecule has 0 N–H and O–H groups in total. The van der Waals surface area contributed by atoms with Crippen LogP contribution in [0.4, 0.5) is 0 Å². The van der Waals surface area contributed by atoms with E-state index in [1.54, 1.807) is 18.2 Å². The number of hydrogen-bond acceptors (Lipinski definition) is 6. The van der Waals surface area contributed by atoms with Crippen LogP contribution in [0, 0.1) is 17.8 Å². The predicted octanol–water partition coefficient (Wildman–Crippen LogP) is 7.63. The Kier molecular flexibility index (Phi) is 15.4. The molecule has 0 bridgehead atoms. The number of nitrogens with zero attached hydrogens (tertiary/aromatic N) is 1. The van der Waals surface area contributed by atoms with Gasteiger partial charge in [0.2, 0.25) is 5.91 Å². The standard InChI is InChI=1S/C37H49NO6/c1-4-5-6-7-8-9-10-11-14-30-17-19-31(20-18-30)26-38(35(39)24-22-29-15-12-13-16-29)27-32-21-23-34(44-28-36(40)42-2)33(25-32)37(41)43-3/h17-21,23,25,29H,4-10,12-13,15-16,22,24,26-28H2,1-3H3. The van der Waals surface area contributed by atoms with E-state index in [0.717, 1.165) is 36.0 Å². The van der Waals surface area contributed by atoms with Crippen LogP contribution in [-0.4, -0.2) is 43.6 Å². The van der Waals surface area contributed by atoms with E-state index in [9.17, 15) is 14.4 Å². The first-order valence-electron chi connectivity index (χ1n) is 16.2. The van der Waals surface area contributed by atoms with E-state index in [-0.39, 0.29) is 23.8 Å². The summed E-state index contributed by atoms with van der Waals surface area (Å²) in [6, 6.07) is 13.2. The van der Waals surface area contributed by atoms with E-state index in [1.807, 2.05) is 29.2 Å². The fraction of sp³-hybridized carbons (Fsp3) is 0.541. The topological polar surface area (TPSA) is 82.1 Å². The van der Waals surface area contributed by atoms with Crippen LogP contribution in [0.2, 0.25) is 0 Å². The molecule has 0 aliphatic heterocycles. The SMILES string of the molecule is CCCCCCCCC#Cc1ccc(CN(Cc2ccc(OCC(=O)OC)c(C(=O)OC)c2)C(=O)CCC2CCCC2)cc1. The smallest absolute Gasteiger partial charge is 0.343 e. The zero-order chi connectivity index (χ0) is 31.6. The van der Waals surface area contributed by atoms with Crippen LogP contribution in [0.5, 0.6) is 5.75 Å². The molecule has 1 aliphatic rings. The number of unbranched alkanes of at least 4 members (excludes halogenated alkanes) is 6. The Morgan fingerprint density at radius 1 is 0.864 bits per heavy atom. The van der Waals surface area contributed by atoms with Gasteiger partial charge in [-0.1, -0.05) is 94.8 Å². The Labute approximate surface area is 263 Å². The fourth-order valence-corrected chi connectivity index (χ4v) is 5.58. The Bertz CT molecular complexity index is 1250. The average molecular weight is 604 g/mol. The minimum Gasteiger partial charge on any atom is -0.481 e. The second-order valence-corrected chi connectivity index (χ2v) is 11.6. The summed E-state index contributed by atoms with van der Waals surface area (Å²) in [5.41, 5.74) is 2.95. The number of ether oxygens (including phenoxy) is 3. The summed E-state index contributed by atoms with van der Waals surface area (Å²) in [4.78, 5) is 39.5. The third-order valence-electron chi connectivity index (χ3n) is 8.21. The highest BCUT2D eigenvalue weighted by Gasteiger charge is 2.21. The van der Waals surface area contributed by atoms with Crippen molar-refractivity contribution in [3.05, 3.63) is 64.7 Å². The molecule has 0 radical (unpaired) electrons. The maximum atomic E-state index is 13.5. The van der Waals surface area contributed by atoms with Crippen molar-refractivity contribution in [3.8, 4) is 17.6 Å². The van der Waals surface area contributed by atoms with Gasteiger partial charge in [0.1, 0.15) is 11.3 Å². The van der Waals surface area contributed by atoms with E-state index < -0.39 is 11.9 Å². The molecule has 7 nitrogen and oxygen atoms in total. The number of benzene rings is 2. The van der Waals surface area contributed by atoms with Crippen molar-refractivity contribution < 1.29 is 28.6 Å². The molecule has 3 rings (SSSR count). The minimum atomic E-state index is -0.584. The van der Waals surface area contributed by atoms with Gasteiger partial charge in [-0.3, -0.25) is 4.79 Å². The lowest BCUT2D eigenvalue weighted by atomic mass is 10.0. The second-order valence-electron chi connectivity index (χ2n) is 11.6. The Hall–Kier alpha value is -3.79. The molecule has 0 atom stereocenters. The van der Waals surface area contributed by atoms with Crippen molar-refractivity contribution in [2.24, 2.45) is 5.92 Å². The molecular formula is C37H49NO6. The van der Waals surface area contributed by atoms with Gasteiger partial charge < -0.3 is 19.1 Å². The molecule has 0 heterocycles. The van der Waals surface area contributed by atoms with Crippen LogP contribution in [0.15, 0.2) is 42.5 Å². The highest BCUT2D eigenvalue weighted by Crippen LogP contribution is 2.29. The Morgan fingerprint density at radius 2 is 1.55 bits per heavy atom. The largest absolute Gasteiger partial charge is 0.481 e. The summed E-state index contributed by atoms with van der Waals surface area (Å²) >= 11 is 0. The number of carbonyl (C=O) groups excluding carboxylic acids is 3. The predicted molar refractivity (Wildman–Crippen MR) is 172 cm³/mol. The van der Waals surface area contributed by atoms with Crippen molar-refractivity contribution >= 4 is 17.8 Å². The maximum Gasteiger partial charge on any atom is 0.343 e. The number of hydrogen-bond donors (Lipinski definition) is 0. The van der Waals surface area contributed by atoms with E-state index in [2.05, 4.69) is 23.5 Å². The quantitative estimate of drug-likeness (QED) is 0.105. The molecule has 0 unspecified atom stereocenters. The van der Waals surface area contributed by atoms with Crippen molar-refractivity contribution in [2.75, 3.05) is 20.8 Å². The fourth-order valence-electron chi connectivity index (χ4n) is 5.58.